The Kier molecular flexibility index (Phi) is 2.16. The molecule has 0 bridgehead atoms. The second-order valence-corrected chi connectivity index (χ2v) is 3.03. The van der Waals surface area contributed by atoms with Gasteiger partial charge in [-0.1, -0.05) is 15.9 Å². The van der Waals surface area contributed by atoms with Gasteiger partial charge in [0.1, 0.15) is 11.8 Å². The van der Waals surface area contributed by atoms with E-state index in [1.165, 1.54) is 6.07 Å². The first-order valence-electron chi connectivity index (χ1n) is 3.05. The Labute approximate surface area is 73.2 Å². The molecule has 0 aliphatic rings. The minimum Gasteiger partial charge on any atom is -0.507 e. The topological polar surface area (TPSA) is 44.0 Å². The van der Waals surface area contributed by atoms with Crippen molar-refractivity contribution < 1.29 is 5.11 Å². The molecule has 0 aromatic heterocycles. The Balaban J connectivity index is 3.44. The zero-order chi connectivity index (χ0) is 8.43. The summed E-state index contributed by atoms with van der Waals surface area (Å²) in [5.41, 5.74) is 1.10. The first-order valence-corrected chi connectivity index (χ1v) is 3.84. The summed E-state index contributed by atoms with van der Waals surface area (Å²) in [4.78, 5) is 0. The van der Waals surface area contributed by atoms with Crippen LogP contribution in [0.15, 0.2) is 16.6 Å². The van der Waals surface area contributed by atoms with Crippen molar-refractivity contribution in [3.05, 3.63) is 27.7 Å². The second kappa shape index (κ2) is 2.93. The molecule has 0 unspecified atom stereocenters. The molecule has 0 aliphatic heterocycles. The van der Waals surface area contributed by atoms with Crippen LogP contribution < -0.4 is 0 Å². The predicted molar refractivity (Wildman–Crippen MR) is 45.3 cm³/mol. The lowest BCUT2D eigenvalue weighted by molar-refractivity contribution is 0.473. The summed E-state index contributed by atoms with van der Waals surface area (Å²) in [5, 5.41) is 17.8. The van der Waals surface area contributed by atoms with Gasteiger partial charge in [-0.2, -0.15) is 5.26 Å². The molecule has 1 aromatic carbocycles. The lowest BCUT2D eigenvalue weighted by Gasteiger charge is -2.01. The molecule has 0 radical (unpaired) electrons. The minimum absolute atomic E-state index is 0.0354. The van der Waals surface area contributed by atoms with E-state index in [9.17, 15) is 5.11 Å². The van der Waals surface area contributed by atoms with E-state index in [0.717, 1.165) is 10.0 Å². The van der Waals surface area contributed by atoms with Crippen LogP contribution in [0.2, 0.25) is 0 Å². The number of phenolic OH excluding ortho intramolecular Hbond substituents is 1. The maximum atomic E-state index is 9.17. The molecule has 1 N–H and O–H groups in total. The summed E-state index contributed by atoms with van der Waals surface area (Å²) in [7, 11) is 0. The minimum atomic E-state index is 0.0354. The number of aromatic hydroxyl groups is 1. The van der Waals surface area contributed by atoms with Gasteiger partial charge in [0.05, 0.1) is 5.56 Å². The van der Waals surface area contributed by atoms with Gasteiger partial charge in [0, 0.05) is 4.47 Å². The lowest BCUT2D eigenvalue weighted by Crippen LogP contribution is -1.83. The van der Waals surface area contributed by atoms with E-state index in [1.807, 2.05) is 6.07 Å². The Hall–Kier alpha value is -1.01. The molecule has 2 nitrogen and oxygen atoms in total. The molecule has 0 spiro atoms. The van der Waals surface area contributed by atoms with Gasteiger partial charge < -0.3 is 5.11 Å². The Morgan fingerprint density at radius 2 is 2.18 bits per heavy atom. The van der Waals surface area contributed by atoms with Gasteiger partial charge >= 0.3 is 0 Å². The zero-order valence-electron chi connectivity index (χ0n) is 5.93. The smallest absolute Gasteiger partial charge is 0.133 e. The highest BCUT2D eigenvalue weighted by atomic mass is 79.9. The first-order chi connectivity index (χ1) is 5.16. The van der Waals surface area contributed by atoms with E-state index in [1.54, 1.807) is 13.0 Å². The average molecular weight is 212 g/mol. The van der Waals surface area contributed by atoms with Gasteiger partial charge in [-0.3, -0.25) is 0 Å². The molecule has 56 valence electrons. The van der Waals surface area contributed by atoms with Crippen molar-refractivity contribution in [2.75, 3.05) is 0 Å². The van der Waals surface area contributed by atoms with Gasteiger partial charge in [0.15, 0.2) is 0 Å². The largest absolute Gasteiger partial charge is 0.507 e. The SMILES string of the molecule is Cc1c(Br)ccc(O)c1C#N. The molecule has 0 atom stereocenters. The number of hydrogen-bond donors (Lipinski definition) is 1. The van der Waals surface area contributed by atoms with Crippen molar-refractivity contribution >= 4 is 15.9 Å². The number of hydrogen-bond acceptors (Lipinski definition) is 2. The Morgan fingerprint density at radius 3 is 2.64 bits per heavy atom. The molecule has 11 heavy (non-hydrogen) atoms. The fourth-order valence-electron chi connectivity index (χ4n) is 0.813. The van der Waals surface area contributed by atoms with E-state index < -0.39 is 0 Å². The lowest BCUT2D eigenvalue weighted by atomic mass is 10.1. The number of benzene rings is 1. The van der Waals surface area contributed by atoms with Crippen molar-refractivity contribution in [3.8, 4) is 11.8 Å². The Morgan fingerprint density at radius 1 is 1.55 bits per heavy atom. The number of nitriles is 1. The van der Waals surface area contributed by atoms with Crippen LogP contribution >= 0.6 is 15.9 Å². The quantitative estimate of drug-likeness (QED) is 0.717. The molecule has 0 fully saturated rings. The van der Waals surface area contributed by atoms with E-state index >= 15 is 0 Å². The highest BCUT2D eigenvalue weighted by molar-refractivity contribution is 9.10. The molecular formula is C8H6BrNO. The average Bonchev–Trinajstić information content (AvgIpc) is 1.99. The van der Waals surface area contributed by atoms with Crippen LogP contribution in [0.25, 0.3) is 0 Å². The van der Waals surface area contributed by atoms with E-state index in [4.69, 9.17) is 5.26 Å². The second-order valence-electron chi connectivity index (χ2n) is 2.18. The van der Waals surface area contributed by atoms with Crippen LogP contribution in [0, 0.1) is 18.3 Å². The fourth-order valence-corrected chi connectivity index (χ4v) is 1.14. The van der Waals surface area contributed by atoms with Crippen molar-refractivity contribution in [1.82, 2.24) is 0 Å². The fraction of sp³-hybridized carbons (Fsp3) is 0.125. The summed E-state index contributed by atoms with van der Waals surface area (Å²) in [5.74, 6) is 0.0354. The van der Waals surface area contributed by atoms with Gasteiger partial charge in [-0.05, 0) is 24.6 Å². The van der Waals surface area contributed by atoms with Gasteiger partial charge in [0.25, 0.3) is 0 Å². The van der Waals surface area contributed by atoms with Gasteiger partial charge in [-0.15, -0.1) is 0 Å². The Bertz CT molecular complexity index is 328. The van der Waals surface area contributed by atoms with Crippen molar-refractivity contribution in [2.45, 2.75) is 6.92 Å². The van der Waals surface area contributed by atoms with Crippen LogP contribution in [-0.4, -0.2) is 5.11 Å². The number of phenols is 1. The third kappa shape index (κ3) is 1.36. The van der Waals surface area contributed by atoms with Crippen molar-refractivity contribution in [1.29, 1.82) is 5.26 Å². The van der Waals surface area contributed by atoms with Crippen LogP contribution in [0.5, 0.6) is 5.75 Å². The van der Waals surface area contributed by atoms with Gasteiger partial charge in [0.2, 0.25) is 0 Å². The molecule has 1 aromatic rings. The molecule has 0 aliphatic carbocycles. The number of halogens is 1. The first kappa shape index (κ1) is 8.09. The maximum Gasteiger partial charge on any atom is 0.133 e. The van der Waals surface area contributed by atoms with Crippen LogP contribution in [0.1, 0.15) is 11.1 Å². The van der Waals surface area contributed by atoms with Crippen molar-refractivity contribution in [3.63, 3.8) is 0 Å². The molecule has 3 heteroatoms. The molecular weight excluding hydrogens is 206 g/mol. The maximum absolute atomic E-state index is 9.17. The third-order valence-electron chi connectivity index (χ3n) is 1.49. The number of rotatable bonds is 0. The highest BCUT2D eigenvalue weighted by Gasteiger charge is 2.05. The van der Waals surface area contributed by atoms with Crippen LogP contribution in [0.4, 0.5) is 0 Å². The van der Waals surface area contributed by atoms with E-state index in [-0.39, 0.29) is 5.75 Å². The monoisotopic (exact) mass is 211 g/mol. The molecule has 0 saturated heterocycles. The zero-order valence-corrected chi connectivity index (χ0v) is 7.51. The predicted octanol–water partition coefficient (Wildman–Crippen LogP) is 2.33. The third-order valence-corrected chi connectivity index (χ3v) is 2.35. The van der Waals surface area contributed by atoms with Crippen LogP contribution in [0.3, 0.4) is 0 Å². The number of nitrogens with zero attached hydrogens (tertiary/aromatic N) is 1. The summed E-state index contributed by atoms with van der Waals surface area (Å²) in [6, 6.07) is 5.13. The van der Waals surface area contributed by atoms with Crippen LogP contribution in [-0.2, 0) is 0 Å². The standard InChI is InChI=1S/C8H6BrNO/c1-5-6(4-10)8(11)3-2-7(5)9/h2-3,11H,1H3. The van der Waals surface area contributed by atoms with E-state index in [0.29, 0.717) is 5.56 Å². The summed E-state index contributed by atoms with van der Waals surface area (Å²) < 4.78 is 0.840. The van der Waals surface area contributed by atoms with E-state index in [2.05, 4.69) is 15.9 Å². The summed E-state index contributed by atoms with van der Waals surface area (Å²) in [6.45, 7) is 1.78. The highest BCUT2D eigenvalue weighted by Crippen LogP contribution is 2.26. The van der Waals surface area contributed by atoms with Crippen molar-refractivity contribution in [2.24, 2.45) is 0 Å². The molecule has 0 heterocycles. The molecule has 1 rings (SSSR count). The summed E-state index contributed by atoms with van der Waals surface area (Å²) >= 11 is 3.26. The molecule has 0 amide bonds. The normalized spacial score (nSPS) is 9.18. The summed E-state index contributed by atoms with van der Waals surface area (Å²) in [6.07, 6.45) is 0. The van der Waals surface area contributed by atoms with Gasteiger partial charge in [-0.25, -0.2) is 0 Å². The molecule has 0 saturated carbocycles.